The smallest absolute Gasteiger partial charge is 0.277 e. The van der Waals surface area contributed by atoms with E-state index in [1.54, 1.807) is 0 Å². The summed E-state index contributed by atoms with van der Waals surface area (Å²) in [7, 11) is 0. The van der Waals surface area contributed by atoms with E-state index in [1.807, 2.05) is 37.3 Å². The van der Waals surface area contributed by atoms with E-state index in [2.05, 4.69) is 5.32 Å². The largest absolute Gasteiger partial charge is 0.349 e. The van der Waals surface area contributed by atoms with Crippen molar-refractivity contribution in [2.45, 2.75) is 25.2 Å². The first kappa shape index (κ1) is 17.8. The van der Waals surface area contributed by atoms with Gasteiger partial charge in [0.1, 0.15) is 0 Å². The maximum Gasteiger partial charge on any atom is 0.277 e. The molecule has 0 aliphatic carbocycles. The minimum atomic E-state index is -3.05. The zero-order valence-electron chi connectivity index (χ0n) is 10.7. The lowest BCUT2D eigenvalue weighted by Gasteiger charge is -2.19. The first-order valence-electron chi connectivity index (χ1n) is 5.90. The zero-order chi connectivity index (χ0) is 13.6. The molecule has 3 N–H and O–H groups in total. The van der Waals surface area contributed by atoms with Crippen LogP contribution < -0.4 is 11.1 Å². The topological polar surface area (TPSA) is 55.1 Å². The number of nitrogens with two attached hydrogens (primary N) is 1. The van der Waals surface area contributed by atoms with Crippen LogP contribution in [0.5, 0.6) is 0 Å². The van der Waals surface area contributed by atoms with E-state index in [1.165, 1.54) is 0 Å². The Morgan fingerprint density at radius 3 is 2.42 bits per heavy atom. The molecule has 1 aromatic carbocycles. The fourth-order valence-electron chi connectivity index (χ4n) is 1.67. The van der Waals surface area contributed by atoms with E-state index in [0.29, 0.717) is 6.42 Å². The van der Waals surface area contributed by atoms with Gasteiger partial charge in [-0.1, -0.05) is 37.3 Å². The molecule has 0 saturated heterocycles. The van der Waals surface area contributed by atoms with E-state index in [-0.39, 0.29) is 12.4 Å². The van der Waals surface area contributed by atoms with Crippen LogP contribution in [0.15, 0.2) is 30.3 Å². The summed E-state index contributed by atoms with van der Waals surface area (Å²) in [6.45, 7) is 0.361. The van der Waals surface area contributed by atoms with Gasteiger partial charge in [0.15, 0.2) is 0 Å². The van der Waals surface area contributed by atoms with Gasteiger partial charge in [-0.25, -0.2) is 8.78 Å². The Bertz CT molecular complexity index is 387. The number of alkyl halides is 2. The van der Waals surface area contributed by atoms with Crippen LogP contribution in [-0.2, 0) is 4.79 Å². The van der Waals surface area contributed by atoms with Gasteiger partial charge in [-0.3, -0.25) is 4.79 Å². The van der Waals surface area contributed by atoms with Crippen molar-refractivity contribution in [3.8, 4) is 0 Å². The fourth-order valence-corrected chi connectivity index (χ4v) is 1.67. The molecule has 108 valence electrons. The number of rotatable bonds is 6. The number of hydrogen-bond acceptors (Lipinski definition) is 2. The lowest BCUT2D eigenvalue weighted by molar-refractivity contribution is -0.124. The Hall–Kier alpha value is -1.20. The van der Waals surface area contributed by atoms with Gasteiger partial charge in [0.2, 0.25) is 5.91 Å². The Kier molecular flexibility index (Phi) is 7.56. The minimum Gasteiger partial charge on any atom is -0.349 e. The van der Waals surface area contributed by atoms with Gasteiger partial charge >= 0.3 is 0 Å². The van der Waals surface area contributed by atoms with Crippen LogP contribution in [0.3, 0.4) is 0 Å². The second kappa shape index (κ2) is 8.07. The third kappa shape index (κ3) is 5.53. The normalized spacial score (nSPS) is 12.4. The molecule has 3 nitrogen and oxygen atoms in total. The molecule has 1 unspecified atom stereocenters. The molecule has 0 spiro atoms. The van der Waals surface area contributed by atoms with Crippen LogP contribution >= 0.6 is 12.4 Å². The molecular weight excluding hydrogens is 274 g/mol. The summed E-state index contributed by atoms with van der Waals surface area (Å²) in [6, 6.07) is 9.11. The number of carbonyl (C=O) groups is 1. The number of amides is 1. The predicted octanol–water partition coefficient (Wildman–Crippen LogP) is 2.31. The van der Waals surface area contributed by atoms with Crippen LogP contribution in [-0.4, -0.2) is 24.9 Å². The second-order valence-electron chi connectivity index (χ2n) is 4.15. The minimum absolute atomic E-state index is 0. The average molecular weight is 293 g/mol. The van der Waals surface area contributed by atoms with Gasteiger partial charge in [-0.2, -0.15) is 0 Å². The van der Waals surface area contributed by atoms with Crippen molar-refractivity contribution < 1.29 is 13.6 Å². The van der Waals surface area contributed by atoms with Gasteiger partial charge in [0.25, 0.3) is 5.92 Å². The summed E-state index contributed by atoms with van der Waals surface area (Å²) in [5.74, 6) is -3.85. The van der Waals surface area contributed by atoms with E-state index in [9.17, 15) is 13.6 Å². The third-order valence-corrected chi connectivity index (χ3v) is 2.75. The summed E-state index contributed by atoms with van der Waals surface area (Å²) in [5.41, 5.74) is 5.74. The molecule has 0 bridgehead atoms. The van der Waals surface area contributed by atoms with E-state index >= 15 is 0 Å². The Labute approximate surface area is 118 Å². The molecule has 0 aliphatic rings. The van der Waals surface area contributed by atoms with Crippen molar-refractivity contribution >= 4 is 18.3 Å². The first-order valence-corrected chi connectivity index (χ1v) is 5.90. The van der Waals surface area contributed by atoms with Crippen LogP contribution in [0.4, 0.5) is 8.78 Å². The monoisotopic (exact) mass is 292 g/mol. The highest BCUT2D eigenvalue weighted by atomic mass is 35.5. The summed E-state index contributed by atoms with van der Waals surface area (Å²) >= 11 is 0. The molecule has 0 radical (unpaired) electrons. The molecular formula is C13H19ClF2N2O. The zero-order valence-corrected chi connectivity index (χ0v) is 11.6. The lowest BCUT2D eigenvalue weighted by atomic mass is 9.95. The molecule has 19 heavy (non-hydrogen) atoms. The quantitative estimate of drug-likeness (QED) is 0.845. The van der Waals surface area contributed by atoms with Gasteiger partial charge < -0.3 is 11.1 Å². The number of halogens is 3. The Balaban J connectivity index is 0.00000324. The Morgan fingerprint density at radius 2 is 1.95 bits per heavy atom. The van der Waals surface area contributed by atoms with Crippen molar-refractivity contribution in [1.29, 1.82) is 0 Å². The molecule has 0 saturated carbocycles. The molecule has 6 heteroatoms. The van der Waals surface area contributed by atoms with Crippen molar-refractivity contribution in [2.24, 2.45) is 5.73 Å². The van der Waals surface area contributed by atoms with Crippen molar-refractivity contribution in [3.05, 3.63) is 35.9 Å². The van der Waals surface area contributed by atoms with Crippen LogP contribution in [0.2, 0.25) is 0 Å². The molecule has 1 aromatic rings. The molecule has 0 aliphatic heterocycles. The first-order chi connectivity index (χ1) is 8.50. The second-order valence-corrected chi connectivity index (χ2v) is 4.15. The molecule has 1 atom stereocenters. The number of carbonyl (C=O) groups excluding carboxylic acids is 1. The van der Waals surface area contributed by atoms with Crippen LogP contribution in [0.25, 0.3) is 0 Å². The number of nitrogens with one attached hydrogen (secondary N) is 1. The molecule has 1 rings (SSSR count). The van der Waals surface area contributed by atoms with Gasteiger partial charge in [-0.05, 0) is 12.0 Å². The molecule has 1 amide bonds. The average Bonchev–Trinajstić information content (AvgIpc) is 2.39. The third-order valence-electron chi connectivity index (χ3n) is 2.75. The van der Waals surface area contributed by atoms with E-state index < -0.39 is 30.8 Å². The summed E-state index contributed by atoms with van der Waals surface area (Å²) < 4.78 is 25.9. The maximum atomic E-state index is 12.9. The molecule has 0 heterocycles. The summed E-state index contributed by atoms with van der Waals surface area (Å²) in [5, 5.41) is 2.25. The summed E-state index contributed by atoms with van der Waals surface area (Å²) in [6.07, 6.45) is 0.560. The number of benzene rings is 1. The van der Waals surface area contributed by atoms with Crippen molar-refractivity contribution in [1.82, 2.24) is 5.32 Å². The highest BCUT2D eigenvalue weighted by molar-refractivity contribution is 5.85. The lowest BCUT2D eigenvalue weighted by Crippen LogP contribution is -2.43. The van der Waals surface area contributed by atoms with Crippen molar-refractivity contribution in [2.75, 3.05) is 13.1 Å². The Morgan fingerprint density at radius 1 is 1.37 bits per heavy atom. The van der Waals surface area contributed by atoms with E-state index in [0.717, 1.165) is 5.56 Å². The highest BCUT2D eigenvalue weighted by Crippen LogP contribution is 2.19. The van der Waals surface area contributed by atoms with Gasteiger partial charge in [-0.15, -0.1) is 12.4 Å². The van der Waals surface area contributed by atoms with Gasteiger partial charge in [0, 0.05) is 0 Å². The highest BCUT2D eigenvalue weighted by Gasteiger charge is 2.28. The molecule has 0 fully saturated rings. The van der Waals surface area contributed by atoms with E-state index in [4.69, 9.17) is 5.73 Å². The predicted molar refractivity (Wildman–Crippen MR) is 73.7 cm³/mol. The number of hydrogen-bond donors (Lipinski definition) is 2. The fraction of sp³-hybridized carbons (Fsp3) is 0.462. The van der Waals surface area contributed by atoms with Gasteiger partial charge in [0.05, 0.1) is 19.0 Å². The molecule has 0 aromatic heterocycles. The standard InChI is InChI=1S/C13H18F2N2O.ClH/c1-2-11(10-6-4-3-5-7-10)12(18)17-9-13(14,15)8-16;/h3-7,11H,2,8-9,16H2,1H3,(H,17,18);1H. The van der Waals surface area contributed by atoms with Crippen LogP contribution in [0.1, 0.15) is 24.8 Å². The maximum absolute atomic E-state index is 12.9. The van der Waals surface area contributed by atoms with Crippen molar-refractivity contribution in [3.63, 3.8) is 0 Å². The summed E-state index contributed by atoms with van der Waals surface area (Å²) in [4.78, 5) is 11.9. The van der Waals surface area contributed by atoms with Crippen LogP contribution in [0, 0.1) is 0 Å². The SMILES string of the molecule is CCC(C(=O)NCC(F)(F)CN)c1ccccc1.Cl.